The molecule has 3 heterocycles. The Hall–Kier alpha value is -4.77. The molecule has 254 valence electrons. The molecule has 1 aliphatic heterocycles. The second-order valence-electron chi connectivity index (χ2n) is 12.3. The number of carbonyl (C=O) groups excluding carboxylic acids is 3. The molecule has 2 aromatic carbocycles. The maximum absolute atomic E-state index is 13.2. The minimum Gasteiger partial charge on any atom is -0.487 e. The van der Waals surface area contributed by atoms with Crippen molar-refractivity contribution in [3.63, 3.8) is 0 Å². The molecule has 11 heteroatoms. The molecule has 3 amide bonds. The number of imidazole rings is 1. The van der Waals surface area contributed by atoms with Crippen LogP contribution in [0.4, 0.5) is 10.5 Å². The second-order valence-corrected chi connectivity index (χ2v) is 12.3. The first-order chi connectivity index (χ1) is 23.2. The molecule has 0 saturated carbocycles. The first-order valence-electron chi connectivity index (χ1n) is 16.8. The lowest BCUT2D eigenvalue weighted by molar-refractivity contribution is -0.124. The third kappa shape index (κ3) is 8.02. The Morgan fingerprint density at radius 1 is 0.958 bits per heavy atom. The van der Waals surface area contributed by atoms with Crippen molar-refractivity contribution >= 4 is 34.4 Å². The van der Waals surface area contributed by atoms with Gasteiger partial charge in [-0.05, 0) is 60.9 Å². The molecule has 0 bridgehead atoms. The number of ketones is 1. The zero-order chi connectivity index (χ0) is 34.2. The van der Waals surface area contributed by atoms with Gasteiger partial charge in [0.1, 0.15) is 29.5 Å². The van der Waals surface area contributed by atoms with Gasteiger partial charge < -0.3 is 24.4 Å². The summed E-state index contributed by atoms with van der Waals surface area (Å²) in [4.78, 5) is 52.8. The first kappa shape index (κ1) is 34.6. The van der Waals surface area contributed by atoms with Crippen LogP contribution in [0.25, 0.3) is 11.0 Å². The maximum Gasteiger partial charge on any atom is 0.317 e. The molecule has 48 heavy (non-hydrogen) atoms. The number of nitrogens with one attached hydrogen (secondary N) is 1. The minimum absolute atomic E-state index is 0.0688. The summed E-state index contributed by atoms with van der Waals surface area (Å²) in [5, 5.41) is 2.65. The molecule has 0 spiro atoms. The predicted octanol–water partition coefficient (Wildman–Crippen LogP) is 4.90. The van der Waals surface area contributed by atoms with Crippen LogP contribution in [0.15, 0.2) is 54.7 Å². The van der Waals surface area contributed by atoms with E-state index < -0.39 is 0 Å². The average Bonchev–Trinajstić information content (AvgIpc) is 3.47. The molecule has 0 unspecified atom stereocenters. The number of rotatable bonds is 13. The Balaban J connectivity index is 1.19. The van der Waals surface area contributed by atoms with Crippen LogP contribution in [0.1, 0.15) is 54.4 Å². The van der Waals surface area contributed by atoms with Gasteiger partial charge in [0, 0.05) is 84.4 Å². The third-order valence-corrected chi connectivity index (χ3v) is 9.29. The van der Waals surface area contributed by atoms with Crippen molar-refractivity contribution in [3.8, 4) is 5.75 Å². The Morgan fingerprint density at radius 2 is 1.75 bits per heavy atom. The third-order valence-electron chi connectivity index (χ3n) is 9.29. The first-order valence-corrected chi connectivity index (χ1v) is 16.8. The standard InChI is InChI=1S/C37H47N7O4/c1-6-34-40-36-32(44(34)24-28-10-7-8-18-39-28)11-9-12-33(36)48-25-30-26(2)13-15-31(27(30)3)41(5)35(46)16-14-29(45)17-19-42-20-22-43(23-21-42)37(47)38-4/h7-13,15,18H,6,14,16-17,19-25H2,1-5H3,(H,38,47). The summed E-state index contributed by atoms with van der Waals surface area (Å²) in [6, 6.07) is 15.8. The number of pyridine rings is 1. The number of hydrogen-bond acceptors (Lipinski definition) is 7. The van der Waals surface area contributed by atoms with Crippen LogP contribution in [0.2, 0.25) is 0 Å². The van der Waals surface area contributed by atoms with Gasteiger partial charge in [0.15, 0.2) is 0 Å². The maximum atomic E-state index is 13.2. The summed E-state index contributed by atoms with van der Waals surface area (Å²) in [6.45, 7) is 10.5. The normalized spacial score (nSPS) is 13.5. The Labute approximate surface area is 282 Å². The summed E-state index contributed by atoms with van der Waals surface area (Å²) in [5.41, 5.74) is 6.65. The summed E-state index contributed by atoms with van der Waals surface area (Å²) >= 11 is 0. The molecule has 11 nitrogen and oxygen atoms in total. The number of aryl methyl sites for hydroxylation is 2. The number of benzene rings is 2. The fraction of sp³-hybridized carbons (Fsp3) is 0.432. The molecule has 0 aliphatic carbocycles. The SMILES string of the molecule is CCc1nc2c(OCc3c(C)ccc(N(C)C(=O)CCC(=O)CCN4CCN(C(=O)NC)CC4)c3C)cccc2n1Cc1ccccn1. The van der Waals surface area contributed by atoms with Gasteiger partial charge in [-0.25, -0.2) is 9.78 Å². The van der Waals surface area contributed by atoms with Gasteiger partial charge in [-0.15, -0.1) is 0 Å². The lowest BCUT2D eigenvalue weighted by Gasteiger charge is -2.34. The molecule has 1 saturated heterocycles. The van der Waals surface area contributed by atoms with Crippen molar-refractivity contribution in [1.82, 2.24) is 29.7 Å². The molecule has 2 aromatic heterocycles. The van der Waals surface area contributed by atoms with Crippen LogP contribution >= 0.6 is 0 Å². The second kappa shape index (κ2) is 15.9. The number of Topliss-reactive ketones (excluding diaryl/α,β-unsaturated/α-hetero) is 1. The lowest BCUT2D eigenvalue weighted by atomic mass is 10.0. The number of amides is 3. The van der Waals surface area contributed by atoms with Crippen LogP contribution in [0.3, 0.4) is 0 Å². The fourth-order valence-corrected chi connectivity index (χ4v) is 6.29. The van der Waals surface area contributed by atoms with Crippen molar-refractivity contribution in [3.05, 3.63) is 82.9 Å². The number of para-hydroxylation sites is 1. The van der Waals surface area contributed by atoms with Crippen molar-refractivity contribution < 1.29 is 19.1 Å². The number of urea groups is 1. The summed E-state index contributed by atoms with van der Waals surface area (Å²) in [7, 11) is 3.40. The van der Waals surface area contributed by atoms with Gasteiger partial charge in [-0.2, -0.15) is 0 Å². The van der Waals surface area contributed by atoms with Gasteiger partial charge in [0.25, 0.3) is 0 Å². The van der Waals surface area contributed by atoms with Crippen LogP contribution in [-0.2, 0) is 29.2 Å². The van der Waals surface area contributed by atoms with Gasteiger partial charge in [0.2, 0.25) is 5.91 Å². The fourth-order valence-electron chi connectivity index (χ4n) is 6.29. The summed E-state index contributed by atoms with van der Waals surface area (Å²) in [6.07, 6.45) is 3.35. The van der Waals surface area contributed by atoms with Gasteiger partial charge in [-0.3, -0.25) is 19.5 Å². The number of ether oxygens (including phenoxy) is 1. The molecular weight excluding hydrogens is 606 g/mol. The molecule has 5 rings (SSSR count). The van der Waals surface area contributed by atoms with Crippen LogP contribution in [0, 0.1) is 13.8 Å². The topological polar surface area (TPSA) is 113 Å². The van der Waals surface area contributed by atoms with E-state index in [1.165, 1.54) is 0 Å². The largest absolute Gasteiger partial charge is 0.487 e. The molecule has 0 radical (unpaired) electrons. The zero-order valence-corrected chi connectivity index (χ0v) is 28.8. The van der Waals surface area contributed by atoms with E-state index in [1.807, 2.05) is 56.3 Å². The Kier molecular flexibility index (Phi) is 11.4. The molecular formula is C37H47N7O4. The number of anilines is 1. The van der Waals surface area contributed by atoms with E-state index in [2.05, 4.69) is 32.8 Å². The highest BCUT2D eigenvalue weighted by atomic mass is 16.5. The van der Waals surface area contributed by atoms with E-state index in [9.17, 15) is 14.4 Å². The molecule has 0 atom stereocenters. The van der Waals surface area contributed by atoms with Crippen molar-refractivity contribution in [2.45, 2.75) is 59.6 Å². The number of aromatic nitrogens is 3. The van der Waals surface area contributed by atoms with E-state index in [-0.39, 0.29) is 30.6 Å². The van der Waals surface area contributed by atoms with Crippen molar-refractivity contribution in [2.75, 3.05) is 51.7 Å². The number of nitrogens with zero attached hydrogens (tertiary/aromatic N) is 6. The van der Waals surface area contributed by atoms with E-state index in [0.717, 1.165) is 64.4 Å². The molecule has 1 fully saturated rings. The summed E-state index contributed by atoms with van der Waals surface area (Å²) < 4.78 is 8.64. The van der Waals surface area contributed by atoms with Gasteiger partial charge >= 0.3 is 6.03 Å². The highest BCUT2D eigenvalue weighted by Crippen LogP contribution is 2.31. The molecule has 4 aromatic rings. The van der Waals surface area contributed by atoms with Crippen molar-refractivity contribution in [1.29, 1.82) is 0 Å². The Morgan fingerprint density at radius 3 is 2.46 bits per heavy atom. The van der Waals surface area contributed by atoms with E-state index in [4.69, 9.17) is 9.72 Å². The zero-order valence-electron chi connectivity index (χ0n) is 28.8. The van der Waals surface area contributed by atoms with E-state index in [1.54, 1.807) is 30.1 Å². The number of piperazine rings is 1. The lowest BCUT2D eigenvalue weighted by Crippen LogP contribution is -2.51. The highest BCUT2D eigenvalue weighted by molar-refractivity contribution is 5.96. The Bertz CT molecular complexity index is 1750. The monoisotopic (exact) mass is 653 g/mol. The molecule has 1 aliphatic rings. The highest BCUT2D eigenvalue weighted by Gasteiger charge is 2.22. The number of carbonyl (C=O) groups is 3. The smallest absolute Gasteiger partial charge is 0.317 e. The van der Waals surface area contributed by atoms with Crippen molar-refractivity contribution in [2.24, 2.45) is 0 Å². The number of fused-ring (bicyclic) bond motifs is 1. The quantitative estimate of drug-likeness (QED) is 0.219. The number of hydrogen-bond donors (Lipinski definition) is 1. The van der Waals surface area contributed by atoms with E-state index >= 15 is 0 Å². The van der Waals surface area contributed by atoms with E-state index in [0.29, 0.717) is 45.0 Å². The van der Waals surface area contributed by atoms with Gasteiger partial charge in [0.05, 0.1) is 17.8 Å². The molecule has 1 N–H and O–H groups in total. The van der Waals surface area contributed by atoms with Crippen LogP contribution in [0.5, 0.6) is 5.75 Å². The average molecular weight is 654 g/mol. The summed E-state index contributed by atoms with van der Waals surface area (Å²) in [5.74, 6) is 1.66. The van der Waals surface area contributed by atoms with Gasteiger partial charge in [-0.1, -0.05) is 25.1 Å². The van der Waals surface area contributed by atoms with Crippen LogP contribution < -0.4 is 15.0 Å². The predicted molar refractivity (Wildman–Crippen MR) is 187 cm³/mol. The van der Waals surface area contributed by atoms with Crippen LogP contribution in [-0.4, -0.2) is 88.9 Å². The minimum atomic E-state index is -0.100.